The highest BCUT2D eigenvalue weighted by atomic mass is 35.5. The van der Waals surface area contributed by atoms with Crippen LogP contribution in [0, 0.1) is 0 Å². The van der Waals surface area contributed by atoms with E-state index in [9.17, 15) is 8.42 Å². The van der Waals surface area contributed by atoms with E-state index in [2.05, 4.69) is 0 Å². The predicted octanol–water partition coefficient (Wildman–Crippen LogP) is 1.40. The van der Waals surface area contributed by atoms with Crippen molar-refractivity contribution in [1.82, 2.24) is 0 Å². The van der Waals surface area contributed by atoms with Gasteiger partial charge in [0.1, 0.15) is 0 Å². The highest BCUT2D eigenvalue weighted by Crippen LogP contribution is 2.21. The summed E-state index contributed by atoms with van der Waals surface area (Å²) in [4.78, 5) is 0.360. The maximum atomic E-state index is 10.4. The minimum Gasteiger partial charge on any atom is -0.227 e. The van der Waals surface area contributed by atoms with Crippen molar-refractivity contribution in [2.75, 3.05) is 0 Å². The predicted molar refractivity (Wildman–Crippen MR) is 41.6 cm³/mol. The number of allylic oxidation sites excluding steroid dienone is 4. The van der Waals surface area contributed by atoms with Crippen molar-refractivity contribution in [1.29, 1.82) is 0 Å². The molecule has 56 valence electrons. The number of thiol groups is 1. The zero-order valence-electron chi connectivity index (χ0n) is 5.21. The third kappa shape index (κ3) is 1.61. The van der Waals surface area contributed by atoms with Crippen LogP contribution in [0.4, 0.5) is 0 Å². The molecule has 0 aromatic rings. The van der Waals surface area contributed by atoms with Gasteiger partial charge in [-0.3, -0.25) is 0 Å². The summed E-state index contributed by atoms with van der Waals surface area (Å²) in [5.41, 5.74) is 0. The average Bonchev–Trinajstić information content (AvgIpc) is 1.88. The molecule has 0 N–H and O–H groups in total. The molecule has 0 saturated heterocycles. The summed E-state index contributed by atoms with van der Waals surface area (Å²) in [6.07, 6.45) is 4.82. The third-order valence-electron chi connectivity index (χ3n) is 1.31. The minimum atomic E-state index is -2.46. The lowest BCUT2D eigenvalue weighted by Crippen LogP contribution is -1.91. The molecule has 4 heteroatoms. The number of hydrogen-bond acceptors (Lipinski definition) is 2. The molecule has 0 fully saturated rings. The first kappa shape index (κ1) is 7.82. The lowest BCUT2D eigenvalue weighted by molar-refractivity contribution is 0.617. The second-order valence-corrected chi connectivity index (χ2v) is 3.45. The van der Waals surface area contributed by atoms with Crippen molar-refractivity contribution in [3.63, 3.8) is 0 Å². The average molecular weight is 179 g/mol. The SMILES string of the molecule is O=[SH](=O)C1=C(Cl)C=CCC1. The number of rotatable bonds is 1. The maximum Gasteiger partial charge on any atom is 0.165 e. The lowest BCUT2D eigenvalue weighted by atomic mass is 10.2. The molecule has 0 aromatic carbocycles. The fourth-order valence-electron chi connectivity index (χ4n) is 0.801. The Kier molecular flexibility index (Phi) is 2.51. The molecule has 10 heavy (non-hydrogen) atoms. The molecule has 2 nitrogen and oxygen atoms in total. The van der Waals surface area contributed by atoms with Gasteiger partial charge in [-0.25, -0.2) is 8.42 Å². The second-order valence-electron chi connectivity index (χ2n) is 1.99. The van der Waals surface area contributed by atoms with E-state index in [4.69, 9.17) is 11.6 Å². The molecular formula is C6H7ClO2S. The Bertz CT molecular complexity index is 255. The van der Waals surface area contributed by atoms with Crippen LogP contribution in [0.3, 0.4) is 0 Å². The third-order valence-corrected chi connectivity index (χ3v) is 2.70. The molecule has 0 radical (unpaired) electrons. The van der Waals surface area contributed by atoms with Crippen molar-refractivity contribution in [3.8, 4) is 0 Å². The van der Waals surface area contributed by atoms with E-state index in [0.717, 1.165) is 6.42 Å². The fraction of sp³-hybridized carbons (Fsp3) is 0.333. The van der Waals surface area contributed by atoms with Gasteiger partial charge in [0.15, 0.2) is 10.7 Å². The van der Waals surface area contributed by atoms with E-state index in [1.165, 1.54) is 0 Å². The van der Waals surface area contributed by atoms with Gasteiger partial charge in [-0.05, 0) is 18.9 Å². The van der Waals surface area contributed by atoms with Crippen molar-refractivity contribution in [2.45, 2.75) is 12.8 Å². The Labute approximate surface area is 66.1 Å². The first-order chi connectivity index (χ1) is 4.72. The van der Waals surface area contributed by atoms with Gasteiger partial charge >= 0.3 is 0 Å². The van der Waals surface area contributed by atoms with Crippen LogP contribution in [0.2, 0.25) is 0 Å². The molecule has 1 aliphatic carbocycles. The summed E-state index contributed by atoms with van der Waals surface area (Å²) in [5.74, 6) is 0. The molecular weight excluding hydrogens is 172 g/mol. The van der Waals surface area contributed by atoms with Crippen molar-refractivity contribution in [3.05, 3.63) is 22.1 Å². The summed E-state index contributed by atoms with van der Waals surface area (Å²) >= 11 is 5.59. The van der Waals surface area contributed by atoms with Crippen molar-refractivity contribution in [2.24, 2.45) is 0 Å². The summed E-state index contributed by atoms with van der Waals surface area (Å²) in [5, 5.41) is 0.363. The number of halogens is 1. The van der Waals surface area contributed by atoms with Crippen molar-refractivity contribution >= 4 is 22.3 Å². The van der Waals surface area contributed by atoms with E-state index >= 15 is 0 Å². The first-order valence-corrected chi connectivity index (χ1v) is 4.47. The molecule has 0 aromatic heterocycles. The second kappa shape index (κ2) is 3.21. The zero-order valence-corrected chi connectivity index (χ0v) is 6.86. The standard InChI is InChI=1S/C6H7ClO2S/c7-5-3-1-2-4-6(5)10(8)9/h1,3,10H,2,4H2. The highest BCUT2D eigenvalue weighted by molar-refractivity contribution is 7.76. The molecule has 1 rings (SSSR count). The quantitative estimate of drug-likeness (QED) is 0.616. The molecule has 0 heterocycles. The van der Waals surface area contributed by atoms with Gasteiger partial charge in [0, 0.05) is 0 Å². The largest absolute Gasteiger partial charge is 0.227 e. The molecule has 0 amide bonds. The van der Waals surface area contributed by atoms with Crippen LogP contribution in [0.5, 0.6) is 0 Å². The Morgan fingerprint density at radius 1 is 1.50 bits per heavy atom. The van der Waals surface area contributed by atoms with Crippen LogP contribution in [0.1, 0.15) is 12.8 Å². The Hall–Kier alpha value is -0.280. The molecule has 1 aliphatic rings. The Balaban J connectivity index is 3.01. The van der Waals surface area contributed by atoms with Gasteiger partial charge in [-0.1, -0.05) is 17.7 Å². The topological polar surface area (TPSA) is 34.1 Å². The van der Waals surface area contributed by atoms with E-state index in [1.807, 2.05) is 6.08 Å². The highest BCUT2D eigenvalue weighted by Gasteiger charge is 2.07. The summed E-state index contributed by atoms with van der Waals surface area (Å²) < 4.78 is 20.9. The monoisotopic (exact) mass is 178 g/mol. The summed E-state index contributed by atoms with van der Waals surface area (Å²) in [6.45, 7) is 0. The molecule has 0 bridgehead atoms. The molecule has 0 unspecified atom stereocenters. The van der Waals surface area contributed by atoms with E-state index in [1.54, 1.807) is 6.08 Å². The van der Waals surface area contributed by atoms with Gasteiger partial charge in [0.25, 0.3) is 0 Å². The van der Waals surface area contributed by atoms with Gasteiger partial charge in [0.2, 0.25) is 0 Å². The van der Waals surface area contributed by atoms with Crippen LogP contribution in [-0.4, -0.2) is 8.42 Å². The Morgan fingerprint density at radius 3 is 2.60 bits per heavy atom. The van der Waals surface area contributed by atoms with Gasteiger partial charge in [0.05, 0.1) is 9.94 Å². The molecule has 0 spiro atoms. The molecule has 0 atom stereocenters. The van der Waals surface area contributed by atoms with Gasteiger partial charge in [-0.15, -0.1) is 0 Å². The van der Waals surface area contributed by atoms with Crippen LogP contribution in [-0.2, 0) is 10.7 Å². The maximum absolute atomic E-state index is 10.4. The Morgan fingerprint density at radius 2 is 2.20 bits per heavy atom. The molecule has 0 saturated carbocycles. The van der Waals surface area contributed by atoms with Crippen LogP contribution >= 0.6 is 11.6 Å². The zero-order chi connectivity index (χ0) is 7.56. The molecule has 0 aliphatic heterocycles. The summed E-state index contributed by atoms with van der Waals surface area (Å²) in [6, 6.07) is 0. The van der Waals surface area contributed by atoms with Crippen molar-refractivity contribution < 1.29 is 8.42 Å². The van der Waals surface area contributed by atoms with E-state index < -0.39 is 10.7 Å². The normalized spacial score (nSPS) is 18.6. The first-order valence-electron chi connectivity index (χ1n) is 2.91. The fourth-order valence-corrected chi connectivity index (χ4v) is 1.75. The lowest BCUT2D eigenvalue weighted by Gasteiger charge is -2.03. The summed E-state index contributed by atoms with van der Waals surface area (Å²) in [7, 11) is -2.46. The van der Waals surface area contributed by atoms with Crippen LogP contribution in [0.15, 0.2) is 22.1 Å². The van der Waals surface area contributed by atoms with E-state index in [0.29, 0.717) is 16.4 Å². The van der Waals surface area contributed by atoms with Gasteiger partial charge in [-0.2, -0.15) is 0 Å². The minimum absolute atomic E-state index is 0.360. The number of hydrogen-bond donors (Lipinski definition) is 1. The smallest absolute Gasteiger partial charge is 0.165 e. The van der Waals surface area contributed by atoms with Gasteiger partial charge < -0.3 is 0 Å². The van der Waals surface area contributed by atoms with E-state index in [-0.39, 0.29) is 0 Å². The van der Waals surface area contributed by atoms with Crippen LogP contribution < -0.4 is 0 Å². The van der Waals surface area contributed by atoms with Crippen LogP contribution in [0.25, 0.3) is 0 Å².